The van der Waals surface area contributed by atoms with Crippen molar-refractivity contribution in [1.82, 2.24) is 24.1 Å². The summed E-state index contributed by atoms with van der Waals surface area (Å²) >= 11 is 0. The zero-order valence-corrected chi connectivity index (χ0v) is 31.2. The van der Waals surface area contributed by atoms with Gasteiger partial charge in [-0.2, -0.15) is 4.57 Å². The maximum Gasteiger partial charge on any atom is 0.173 e. The fourth-order valence-corrected chi connectivity index (χ4v) is 6.79. The summed E-state index contributed by atoms with van der Waals surface area (Å²) in [6, 6.07) is 37.4. The van der Waals surface area contributed by atoms with E-state index in [1.54, 1.807) is 76.0 Å². The summed E-state index contributed by atoms with van der Waals surface area (Å²) in [6.45, 7) is 1.39. The normalized spacial score (nSPS) is 13.9. The number of hydrogen-bond donors (Lipinski definition) is 1. The number of nitrogens with zero attached hydrogens (tertiary/aromatic N) is 5. The molecule has 9 rings (SSSR count). The summed E-state index contributed by atoms with van der Waals surface area (Å²) in [6.07, 6.45) is 1.65. The van der Waals surface area contributed by atoms with Crippen molar-refractivity contribution in [1.29, 1.82) is 0 Å². The quantitative estimate of drug-likeness (QED) is 0.174. The van der Waals surface area contributed by atoms with Gasteiger partial charge < -0.3 is 9.63 Å². The van der Waals surface area contributed by atoms with E-state index in [9.17, 15) is 5.11 Å². The van der Waals surface area contributed by atoms with Gasteiger partial charge in [0.2, 0.25) is 0 Å². The number of fused-ring (bicyclic) bond motifs is 4. The minimum Gasteiger partial charge on any atom is -0.507 e. The number of imidazole rings is 2. The van der Waals surface area contributed by atoms with Crippen LogP contribution in [0.4, 0.5) is 0 Å². The van der Waals surface area contributed by atoms with E-state index in [1.807, 2.05) is 54.6 Å². The molecular formula is C45H36N5O2Pt-. The zero-order chi connectivity index (χ0) is 40.7. The second-order valence-electron chi connectivity index (χ2n) is 13.9. The van der Waals surface area contributed by atoms with Crippen LogP contribution in [-0.4, -0.2) is 29.2 Å². The van der Waals surface area contributed by atoms with Crippen molar-refractivity contribution in [2.45, 2.75) is 39.9 Å². The number of phenols is 1. The monoisotopic (exact) mass is 879 g/mol. The van der Waals surface area contributed by atoms with Gasteiger partial charge in [-0.05, 0) is 66.3 Å². The van der Waals surface area contributed by atoms with Gasteiger partial charge in [-0.25, -0.2) is 9.97 Å². The molecule has 0 aliphatic heterocycles. The molecule has 0 spiro atoms. The van der Waals surface area contributed by atoms with Crippen molar-refractivity contribution < 1.29 is 38.9 Å². The van der Waals surface area contributed by atoms with Crippen molar-refractivity contribution in [2.75, 3.05) is 0 Å². The number of benzene rings is 5. The summed E-state index contributed by atoms with van der Waals surface area (Å²) in [5, 5.41) is 11.7. The molecular weight excluding hydrogens is 838 g/mol. The molecule has 53 heavy (non-hydrogen) atoms. The predicted octanol–water partition coefficient (Wildman–Crippen LogP) is 10.9. The number of phenolic OH excluding ortho intramolecular Hbond substituents is 1. The molecule has 0 saturated carbocycles. The molecule has 0 atom stereocenters. The first-order valence-corrected chi connectivity index (χ1v) is 16.9. The Hall–Kier alpha value is -5.78. The number of rotatable bonds is 5. The van der Waals surface area contributed by atoms with Crippen LogP contribution in [0.25, 0.3) is 78.3 Å². The molecule has 5 aromatic carbocycles. The number of aryl methyl sites for hydroxylation is 2. The fraction of sp³-hybridized carbons (Fsp3) is 0.133. The maximum absolute atomic E-state index is 11.7. The van der Waals surface area contributed by atoms with Crippen molar-refractivity contribution >= 4 is 27.7 Å². The first-order chi connectivity index (χ1) is 27.6. The molecule has 0 unspecified atom stereocenters. The molecule has 0 bridgehead atoms. The van der Waals surface area contributed by atoms with Gasteiger partial charge in [0.1, 0.15) is 22.5 Å². The van der Waals surface area contributed by atoms with E-state index in [4.69, 9.17) is 22.7 Å². The van der Waals surface area contributed by atoms with Crippen LogP contribution < -0.4 is 0 Å². The number of pyridine rings is 1. The van der Waals surface area contributed by atoms with Crippen LogP contribution >= 0.6 is 0 Å². The summed E-state index contributed by atoms with van der Waals surface area (Å²) in [7, 11) is 0. The average molecular weight is 880 g/mol. The minimum absolute atomic E-state index is 0. The molecule has 4 aromatic heterocycles. The third-order valence-electron chi connectivity index (χ3n) is 9.39. The van der Waals surface area contributed by atoms with Gasteiger partial charge in [0, 0.05) is 52.7 Å². The summed E-state index contributed by atoms with van der Waals surface area (Å²) in [4.78, 5) is 14.8. The molecule has 7 nitrogen and oxygen atoms in total. The maximum atomic E-state index is 11.7. The standard InChI is InChI=1S/C45H36N5O2.Pt/c1-27-12-6-8-16-32(27)30-22-23-46-34(25-30)31-15-10-14-29(24-31)33-17-11-19-36-42(33)48-44(49(36)35-18-9-7-13-28(35)2)41-38(51)21-20-37-43(41)47-40-26-39(45(3,4)5)52-50(37)40;/h6-23,25-26,51H,1-5H3;/q-1;/i1D3,2D3;. The van der Waals surface area contributed by atoms with E-state index in [0.717, 1.165) is 5.76 Å². The second kappa shape index (κ2) is 13.0. The van der Waals surface area contributed by atoms with E-state index in [1.165, 1.54) is 0 Å². The van der Waals surface area contributed by atoms with Crippen molar-refractivity contribution in [3.63, 3.8) is 0 Å². The third-order valence-corrected chi connectivity index (χ3v) is 9.39. The third kappa shape index (κ3) is 5.76. The Morgan fingerprint density at radius 2 is 1.49 bits per heavy atom. The smallest absolute Gasteiger partial charge is 0.173 e. The predicted molar refractivity (Wildman–Crippen MR) is 208 cm³/mol. The molecule has 9 aromatic rings. The molecule has 0 amide bonds. The Morgan fingerprint density at radius 3 is 2.32 bits per heavy atom. The Kier molecular flexibility index (Phi) is 6.83. The first kappa shape index (κ1) is 27.8. The molecule has 8 heteroatoms. The van der Waals surface area contributed by atoms with E-state index in [-0.39, 0.29) is 49.2 Å². The molecule has 264 valence electrons. The van der Waals surface area contributed by atoms with Gasteiger partial charge >= 0.3 is 0 Å². The van der Waals surface area contributed by atoms with E-state index in [2.05, 4.69) is 31.8 Å². The fourth-order valence-electron chi connectivity index (χ4n) is 6.79. The largest absolute Gasteiger partial charge is 0.507 e. The number of hydrogen-bond acceptors (Lipinski definition) is 5. The molecule has 4 heterocycles. The number of aromatic nitrogens is 5. The number of para-hydroxylation sites is 2. The Bertz CT molecular complexity index is 3060. The van der Waals surface area contributed by atoms with E-state index >= 15 is 0 Å². The molecule has 0 aliphatic rings. The van der Waals surface area contributed by atoms with Crippen molar-refractivity contribution in [3.8, 4) is 56.3 Å². The Labute approximate surface area is 330 Å². The van der Waals surface area contributed by atoms with Crippen LogP contribution in [0.2, 0.25) is 0 Å². The van der Waals surface area contributed by atoms with Gasteiger partial charge in [-0.15, -0.1) is 29.8 Å². The molecule has 0 aliphatic carbocycles. The second-order valence-corrected chi connectivity index (χ2v) is 13.9. The Morgan fingerprint density at radius 1 is 0.736 bits per heavy atom. The zero-order valence-electron chi connectivity index (χ0n) is 35.0. The van der Waals surface area contributed by atoms with Gasteiger partial charge in [0.25, 0.3) is 0 Å². The molecule has 1 N–H and O–H groups in total. The first-order valence-electron chi connectivity index (χ1n) is 19.9. The van der Waals surface area contributed by atoms with Crippen LogP contribution in [0.15, 0.2) is 126 Å². The van der Waals surface area contributed by atoms with Crippen LogP contribution in [-0.2, 0) is 26.5 Å². The average Bonchev–Trinajstić information content (AvgIpc) is 3.89. The van der Waals surface area contributed by atoms with Crippen LogP contribution in [0.3, 0.4) is 0 Å². The SMILES string of the molecule is [2H]C([2H])([2H])c1ccccc1-c1ccnc(-c2[c-]c(-c3cccc4c3nc(-c3c(O)ccc5c3nc3cc(C(C)(C)C)on35)n4-c3ccccc3C([2H])([2H])[2H])ccc2)c1.[Pt]. The van der Waals surface area contributed by atoms with Crippen LogP contribution in [0, 0.1) is 19.8 Å². The van der Waals surface area contributed by atoms with Crippen molar-refractivity contribution in [3.05, 3.63) is 144 Å². The summed E-state index contributed by atoms with van der Waals surface area (Å²) in [5.74, 6) is 0.946. The topological polar surface area (TPSA) is 81.4 Å². The van der Waals surface area contributed by atoms with Gasteiger partial charge in [0.15, 0.2) is 11.5 Å². The Balaban J connectivity index is 0.00000484. The summed E-state index contributed by atoms with van der Waals surface area (Å²) < 4.78 is 59.4. The van der Waals surface area contributed by atoms with E-state index < -0.39 is 13.7 Å². The van der Waals surface area contributed by atoms with Crippen LogP contribution in [0.1, 0.15) is 45.9 Å². The van der Waals surface area contributed by atoms with Gasteiger partial charge in [-0.3, -0.25) is 9.55 Å². The molecule has 0 saturated heterocycles. The van der Waals surface area contributed by atoms with E-state index in [0.29, 0.717) is 72.5 Å². The number of aromatic hydroxyl groups is 1. The van der Waals surface area contributed by atoms with Gasteiger partial charge in [-0.1, -0.05) is 92.6 Å². The molecule has 0 radical (unpaired) electrons. The minimum atomic E-state index is -2.47. The molecule has 0 fully saturated rings. The van der Waals surface area contributed by atoms with Gasteiger partial charge in [0.05, 0.1) is 22.3 Å². The van der Waals surface area contributed by atoms with Crippen LogP contribution in [0.5, 0.6) is 5.75 Å². The summed E-state index contributed by atoms with van der Waals surface area (Å²) in [5.41, 5.74) is 7.49. The van der Waals surface area contributed by atoms with Crippen molar-refractivity contribution in [2.24, 2.45) is 0 Å².